The minimum atomic E-state index is -0.745. The fourth-order valence-corrected chi connectivity index (χ4v) is 1.87. The van der Waals surface area contributed by atoms with E-state index in [4.69, 9.17) is 0 Å². The molecule has 13 heavy (non-hydrogen) atoms. The molecule has 0 saturated heterocycles. The lowest BCUT2D eigenvalue weighted by molar-refractivity contribution is -0.00271. The smallest absolute Gasteiger partial charge is 0.164 e. The van der Waals surface area contributed by atoms with Crippen LogP contribution in [0.5, 0.6) is 0 Å². The summed E-state index contributed by atoms with van der Waals surface area (Å²) in [5.41, 5.74) is -0.745. The first-order chi connectivity index (χ1) is 6.18. The van der Waals surface area contributed by atoms with Crippen LogP contribution in [0.3, 0.4) is 0 Å². The zero-order valence-corrected chi connectivity index (χ0v) is 8.06. The highest BCUT2D eigenvalue weighted by molar-refractivity contribution is 5.07. The molecule has 0 aliphatic heterocycles. The molecule has 1 aliphatic rings. The first-order valence-corrected chi connectivity index (χ1v) is 4.75. The Morgan fingerprint density at radius 3 is 2.77 bits per heavy atom. The average molecular weight is 181 g/mol. The van der Waals surface area contributed by atoms with E-state index in [1.54, 1.807) is 6.33 Å². The molecule has 1 aromatic heterocycles. The van der Waals surface area contributed by atoms with E-state index in [0.29, 0.717) is 18.2 Å². The van der Waals surface area contributed by atoms with Crippen molar-refractivity contribution in [1.82, 2.24) is 14.8 Å². The van der Waals surface area contributed by atoms with Gasteiger partial charge in [0.25, 0.3) is 0 Å². The predicted octanol–water partition coefficient (Wildman–Crippen LogP) is 0.823. The Morgan fingerprint density at radius 2 is 2.38 bits per heavy atom. The number of aliphatic hydroxyl groups is 1. The van der Waals surface area contributed by atoms with Crippen molar-refractivity contribution in [3.8, 4) is 0 Å². The van der Waals surface area contributed by atoms with Gasteiger partial charge in [0.05, 0.1) is 0 Å². The van der Waals surface area contributed by atoms with Crippen molar-refractivity contribution >= 4 is 0 Å². The Labute approximate surface area is 77.6 Å². The fraction of sp³-hybridized carbons (Fsp3) is 0.778. The first-order valence-electron chi connectivity index (χ1n) is 4.75. The van der Waals surface area contributed by atoms with Crippen LogP contribution in [0, 0.1) is 5.92 Å². The van der Waals surface area contributed by atoms with Crippen molar-refractivity contribution in [2.75, 3.05) is 0 Å². The molecule has 4 heteroatoms. The lowest BCUT2D eigenvalue weighted by Gasteiger charge is -2.25. The van der Waals surface area contributed by atoms with Gasteiger partial charge in [0.1, 0.15) is 11.9 Å². The molecule has 1 N–H and O–H groups in total. The second kappa shape index (κ2) is 2.80. The molecule has 0 bridgehead atoms. The standard InChI is InChI=1S/C9H15N3O/c1-3-9(13,7-4-5-7)8-11-10-6-12(8)2/h6-7,13H,3-5H2,1-2H3. The molecule has 1 saturated carbocycles. The Kier molecular flexibility index (Phi) is 1.87. The molecule has 1 atom stereocenters. The zero-order chi connectivity index (χ0) is 9.47. The summed E-state index contributed by atoms with van der Waals surface area (Å²) in [7, 11) is 1.87. The van der Waals surface area contributed by atoms with E-state index in [9.17, 15) is 5.11 Å². The normalized spacial score (nSPS) is 21.5. The van der Waals surface area contributed by atoms with E-state index in [1.807, 2.05) is 18.5 Å². The number of nitrogens with zero attached hydrogens (tertiary/aromatic N) is 3. The quantitative estimate of drug-likeness (QED) is 0.751. The van der Waals surface area contributed by atoms with Crippen LogP contribution in [0.15, 0.2) is 6.33 Å². The highest BCUT2D eigenvalue weighted by atomic mass is 16.3. The maximum absolute atomic E-state index is 10.4. The van der Waals surface area contributed by atoms with Gasteiger partial charge in [-0.3, -0.25) is 0 Å². The number of rotatable bonds is 3. The van der Waals surface area contributed by atoms with Gasteiger partial charge in [-0.2, -0.15) is 0 Å². The van der Waals surface area contributed by atoms with E-state index < -0.39 is 5.60 Å². The van der Waals surface area contributed by atoms with Crippen LogP contribution in [0.2, 0.25) is 0 Å². The Balaban J connectivity index is 2.35. The van der Waals surface area contributed by atoms with Crippen LogP contribution < -0.4 is 0 Å². The maximum Gasteiger partial charge on any atom is 0.164 e. The van der Waals surface area contributed by atoms with E-state index in [-0.39, 0.29) is 0 Å². The summed E-state index contributed by atoms with van der Waals surface area (Å²) < 4.78 is 1.81. The predicted molar refractivity (Wildman–Crippen MR) is 47.9 cm³/mol. The average Bonchev–Trinajstić information content (AvgIpc) is 2.89. The van der Waals surface area contributed by atoms with Crippen LogP contribution in [0.1, 0.15) is 32.0 Å². The van der Waals surface area contributed by atoms with Gasteiger partial charge in [0.15, 0.2) is 5.82 Å². The highest BCUT2D eigenvalue weighted by Crippen LogP contribution is 2.46. The SMILES string of the molecule is CCC(O)(c1nncn1C)C1CC1. The fourth-order valence-electron chi connectivity index (χ4n) is 1.87. The second-order valence-electron chi connectivity index (χ2n) is 3.82. The topological polar surface area (TPSA) is 50.9 Å². The molecule has 1 aliphatic carbocycles. The molecule has 0 amide bonds. The molecule has 0 aromatic carbocycles. The van der Waals surface area contributed by atoms with Crippen molar-refractivity contribution in [2.45, 2.75) is 31.8 Å². The zero-order valence-electron chi connectivity index (χ0n) is 8.06. The van der Waals surface area contributed by atoms with Gasteiger partial charge >= 0.3 is 0 Å². The molecule has 1 fully saturated rings. The van der Waals surface area contributed by atoms with Gasteiger partial charge in [-0.1, -0.05) is 6.92 Å². The lowest BCUT2D eigenvalue weighted by Crippen LogP contribution is -2.30. The van der Waals surface area contributed by atoms with E-state index in [1.165, 1.54) is 0 Å². The molecule has 0 spiro atoms. The van der Waals surface area contributed by atoms with Crippen molar-refractivity contribution in [3.63, 3.8) is 0 Å². The molecule has 1 unspecified atom stereocenters. The molecule has 2 rings (SSSR count). The van der Waals surface area contributed by atoms with Crippen LogP contribution in [0.4, 0.5) is 0 Å². The Hall–Kier alpha value is -0.900. The number of hydrogen-bond acceptors (Lipinski definition) is 3. The molecule has 1 aromatic rings. The summed E-state index contributed by atoms with van der Waals surface area (Å²) in [6, 6.07) is 0. The maximum atomic E-state index is 10.4. The van der Waals surface area contributed by atoms with Crippen LogP contribution >= 0.6 is 0 Å². The van der Waals surface area contributed by atoms with Crippen molar-refractivity contribution in [1.29, 1.82) is 0 Å². The summed E-state index contributed by atoms with van der Waals surface area (Å²) in [6.45, 7) is 1.99. The minimum absolute atomic E-state index is 0.389. The summed E-state index contributed by atoms with van der Waals surface area (Å²) in [4.78, 5) is 0. The highest BCUT2D eigenvalue weighted by Gasteiger charge is 2.46. The Morgan fingerprint density at radius 1 is 1.69 bits per heavy atom. The second-order valence-corrected chi connectivity index (χ2v) is 3.82. The van der Waals surface area contributed by atoms with Gasteiger partial charge in [-0.15, -0.1) is 10.2 Å². The summed E-state index contributed by atoms with van der Waals surface area (Å²) in [6.07, 6.45) is 4.57. The number of hydrogen-bond donors (Lipinski definition) is 1. The van der Waals surface area contributed by atoms with Gasteiger partial charge in [0.2, 0.25) is 0 Å². The summed E-state index contributed by atoms with van der Waals surface area (Å²) in [5.74, 6) is 1.10. The van der Waals surface area contributed by atoms with E-state index in [0.717, 1.165) is 12.8 Å². The van der Waals surface area contributed by atoms with Crippen molar-refractivity contribution < 1.29 is 5.11 Å². The summed E-state index contributed by atoms with van der Waals surface area (Å²) in [5, 5.41) is 18.2. The Bertz CT molecular complexity index is 306. The molecule has 72 valence electrons. The third-order valence-electron chi connectivity index (χ3n) is 2.89. The molecule has 1 heterocycles. The van der Waals surface area contributed by atoms with Crippen LogP contribution in [-0.4, -0.2) is 19.9 Å². The molecule has 0 radical (unpaired) electrons. The molecule has 4 nitrogen and oxygen atoms in total. The molecular formula is C9H15N3O. The van der Waals surface area contributed by atoms with Gasteiger partial charge in [-0.05, 0) is 25.2 Å². The largest absolute Gasteiger partial charge is 0.382 e. The third kappa shape index (κ3) is 1.25. The molecular weight excluding hydrogens is 166 g/mol. The lowest BCUT2D eigenvalue weighted by atomic mass is 9.93. The third-order valence-corrected chi connectivity index (χ3v) is 2.89. The summed E-state index contributed by atoms with van der Waals surface area (Å²) >= 11 is 0. The van der Waals surface area contributed by atoms with Crippen LogP contribution in [0.25, 0.3) is 0 Å². The van der Waals surface area contributed by atoms with Crippen molar-refractivity contribution in [2.24, 2.45) is 13.0 Å². The van der Waals surface area contributed by atoms with Crippen molar-refractivity contribution in [3.05, 3.63) is 12.2 Å². The van der Waals surface area contributed by atoms with Gasteiger partial charge in [0, 0.05) is 7.05 Å². The number of aromatic nitrogens is 3. The van der Waals surface area contributed by atoms with E-state index in [2.05, 4.69) is 10.2 Å². The van der Waals surface area contributed by atoms with Crippen LogP contribution in [-0.2, 0) is 12.6 Å². The van der Waals surface area contributed by atoms with Gasteiger partial charge < -0.3 is 9.67 Å². The first kappa shape index (κ1) is 8.69. The number of aryl methyl sites for hydroxylation is 1. The minimum Gasteiger partial charge on any atom is -0.382 e. The van der Waals surface area contributed by atoms with E-state index >= 15 is 0 Å². The monoisotopic (exact) mass is 181 g/mol. The van der Waals surface area contributed by atoms with Gasteiger partial charge in [-0.25, -0.2) is 0 Å².